The number of Topliss-reactive ketones (excluding diaryl/α,β-unsaturated/α-hetero) is 1. The topological polar surface area (TPSA) is 20.3 Å². The molecule has 0 fully saturated rings. The van der Waals surface area contributed by atoms with Crippen LogP contribution in [0.5, 0.6) is 0 Å². The van der Waals surface area contributed by atoms with Crippen LogP contribution >= 0.6 is 23.2 Å². The lowest BCUT2D eigenvalue weighted by molar-refractivity contribution is 0.0666. The van der Waals surface area contributed by atoms with Gasteiger partial charge in [-0.15, -0.1) is 0 Å². The molecule has 4 heteroatoms. The molecule has 0 amide bonds. The molecular weight excluding hydrogens is 329 g/mol. The number of hydrogen-bond acceptors (Lipinski definition) is 2. The number of ketones is 1. The number of carbonyl (C=O) groups is 1. The Morgan fingerprint density at radius 3 is 2.22 bits per heavy atom. The number of carbonyl (C=O) groups excluding carboxylic acids is 1. The molecule has 0 radical (unpaired) electrons. The molecule has 2 aromatic carbocycles. The van der Waals surface area contributed by atoms with E-state index in [-0.39, 0.29) is 5.78 Å². The lowest BCUT2D eigenvalue weighted by atomic mass is 9.80. The van der Waals surface area contributed by atoms with Crippen LogP contribution in [0.2, 0.25) is 10.0 Å². The van der Waals surface area contributed by atoms with E-state index in [1.807, 2.05) is 44.1 Å². The highest BCUT2D eigenvalue weighted by Gasteiger charge is 2.39. The normalized spacial score (nSPS) is 13.8. The second kappa shape index (κ2) is 7.48. The number of halogens is 2. The minimum absolute atomic E-state index is 0.0624. The van der Waals surface area contributed by atoms with Crippen LogP contribution in [-0.2, 0) is 6.42 Å². The van der Waals surface area contributed by atoms with Gasteiger partial charge in [-0.3, -0.25) is 9.69 Å². The van der Waals surface area contributed by atoms with Crippen molar-refractivity contribution < 1.29 is 4.79 Å². The van der Waals surface area contributed by atoms with Gasteiger partial charge in [-0.2, -0.15) is 0 Å². The van der Waals surface area contributed by atoms with Crippen molar-refractivity contribution >= 4 is 29.0 Å². The van der Waals surface area contributed by atoms with Gasteiger partial charge in [0.15, 0.2) is 5.78 Å². The third-order valence-corrected chi connectivity index (χ3v) is 5.12. The molecule has 1 atom stereocenters. The van der Waals surface area contributed by atoms with Gasteiger partial charge in [-0.05, 0) is 50.7 Å². The van der Waals surface area contributed by atoms with Crippen molar-refractivity contribution in [3.8, 4) is 0 Å². The van der Waals surface area contributed by atoms with E-state index in [9.17, 15) is 4.79 Å². The zero-order valence-electron chi connectivity index (χ0n) is 13.6. The van der Waals surface area contributed by atoms with Gasteiger partial charge in [0.1, 0.15) is 0 Å². The fourth-order valence-electron chi connectivity index (χ4n) is 2.88. The summed E-state index contributed by atoms with van der Waals surface area (Å²) in [6, 6.07) is 15.2. The van der Waals surface area contributed by atoms with E-state index in [2.05, 4.69) is 12.1 Å². The summed E-state index contributed by atoms with van der Waals surface area (Å²) in [5.41, 5.74) is 1.11. The van der Waals surface area contributed by atoms with Crippen LogP contribution in [0.1, 0.15) is 29.3 Å². The van der Waals surface area contributed by atoms with Gasteiger partial charge in [-0.1, -0.05) is 60.5 Å². The highest BCUT2D eigenvalue weighted by Crippen LogP contribution is 2.30. The van der Waals surface area contributed by atoms with E-state index >= 15 is 0 Å². The zero-order valence-corrected chi connectivity index (χ0v) is 15.2. The first kappa shape index (κ1) is 18.0. The SMILES string of the molecule is CCC(Cc1ccccc1)(C(=O)c1ccc(Cl)c(Cl)c1)N(C)C. The second-order valence-electron chi connectivity index (χ2n) is 5.90. The summed E-state index contributed by atoms with van der Waals surface area (Å²) < 4.78 is 0. The summed E-state index contributed by atoms with van der Waals surface area (Å²) in [6.45, 7) is 2.04. The summed E-state index contributed by atoms with van der Waals surface area (Å²) in [5, 5.41) is 0.860. The molecule has 0 saturated carbocycles. The summed E-state index contributed by atoms with van der Waals surface area (Å²) in [4.78, 5) is 15.3. The monoisotopic (exact) mass is 349 g/mol. The maximum atomic E-state index is 13.3. The Labute approximate surface area is 148 Å². The van der Waals surface area contributed by atoms with Crippen molar-refractivity contribution in [2.75, 3.05) is 14.1 Å². The summed E-state index contributed by atoms with van der Waals surface area (Å²) in [7, 11) is 3.89. The lowest BCUT2D eigenvalue weighted by Gasteiger charge is -2.38. The van der Waals surface area contributed by atoms with Crippen LogP contribution in [0, 0.1) is 0 Å². The molecule has 122 valence electrons. The predicted octanol–water partition coefficient (Wildman–Crippen LogP) is 5.13. The molecule has 0 aliphatic heterocycles. The maximum absolute atomic E-state index is 13.3. The number of benzene rings is 2. The van der Waals surface area contributed by atoms with Crippen LogP contribution in [0.4, 0.5) is 0 Å². The predicted molar refractivity (Wildman–Crippen MR) is 97.6 cm³/mol. The molecule has 2 aromatic rings. The molecule has 0 aliphatic carbocycles. The van der Waals surface area contributed by atoms with Crippen LogP contribution in [-0.4, -0.2) is 30.3 Å². The first-order chi connectivity index (χ1) is 10.9. The molecule has 0 spiro atoms. The Hall–Kier alpha value is -1.35. The largest absolute Gasteiger partial charge is 0.297 e. The van der Waals surface area contributed by atoms with Crippen molar-refractivity contribution in [1.82, 2.24) is 4.90 Å². The van der Waals surface area contributed by atoms with Crippen molar-refractivity contribution in [3.63, 3.8) is 0 Å². The van der Waals surface area contributed by atoms with Gasteiger partial charge >= 0.3 is 0 Å². The fourth-order valence-corrected chi connectivity index (χ4v) is 3.18. The molecule has 1 unspecified atom stereocenters. The third kappa shape index (κ3) is 3.77. The van der Waals surface area contributed by atoms with Gasteiger partial charge in [0, 0.05) is 5.56 Å². The molecule has 0 bridgehead atoms. The number of nitrogens with zero attached hydrogens (tertiary/aromatic N) is 1. The smallest absolute Gasteiger partial charge is 0.183 e. The van der Waals surface area contributed by atoms with E-state index < -0.39 is 5.54 Å². The van der Waals surface area contributed by atoms with E-state index in [1.54, 1.807) is 18.2 Å². The number of hydrogen-bond donors (Lipinski definition) is 0. The van der Waals surface area contributed by atoms with Gasteiger partial charge < -0.3 is 0 Å². The Morgan fingerprint density at radius 1 is 1.04 bits per heavy atom. The van der Waals surface area contributed by atoms with E-state index in [0.29, 0.717) is 28.5 Å². The van der Waals surface area contributed by atoms with E-state index in [4.69, 9.17) is 23.2 Å². The first-order valence-corrected chi connectivity index (χ1v) is 8.37. The molecule has 2 rings (SSSR count). The van der Waals surface area contributed by atoms with Crippen molar-refractivity contribution in [1.29, 1.82) is 0 Å². The van der Waals surface area contributed by atoms with Gasteiger partial charge in [0.2, 0.25) is 0 Å². The van der Waals surface area contributed by atoms with Crippen molar-refractivity contribution in [3.05, 3.63) is 69.7 Å². The van der Waals surface area contributed by atoms with Crippen LogP contribution in [0.3, 0.4) is 0 Å². The minimum Gasteiger partial charge on any atom is -0.297 e. The van der Waals surface area contributed by atoms with Gasteiger partial charge in [-0.25, -0.2) is 0 Å². The lowest BCUT2D eigenvalue weighted by Crippen LogP contribution is -2.52. The first-order valence-electron chi connectivity index (χ1n) is 7.62. The third-order valence-electron chi connectivity index (χ3n) is 4.38. The van der Waals surface area contributed by atoms with E-state index in [0.717, 1.165) is 5.56 Å². The highest BCUT2D eigenvalue weighted by atomic mass is 35.5. The Morgan fingerprint density at radius 2 is 1.70 bits per heavy atom. The number of rotatable bonds is 6. The van der Waals surface area contributed by atoms with Crippen LogP contribution < -0.4 is 0 Å². The molecular formula is C19H21Cl2NO. The minimum atomic E-state index is -0.613. The van der Waals surface area contributed by atoms with Crippen LogP contribution in [0.15, 0.2) is 48.5 Å². The van der Waals surface area contributed by atoms with Crippen molar-refractivity contribution in [2.24, 2.45) is 0 Å². The molecule has 0 N–H and O–H groups in total. The quantitative estimate of drug-likeness (QED) is 0.673. The number of likely N-dealkylation sites (N-methyl/N-ethyl adjacent to an activating group) is 1. The standard InChI is InChI=1S/C19H21Cl2NO/c1-4-19(22(2)3,13-14-8-6-5-7-9-14)18(23)15-10-11-16(20)17(21)12-15/h5-12H,4,13H2,1-3H3. The van der Waals surface area contributed by atoms with Gasteiger partial charge in [0.25, 0.3) is 0 Å². The average Bonchev–Trinajstić information content (AvgIpc) is 2.55. The Bertz CT molecular complexity index is 685. The van der Waals surface area contributed by atoms with Crippen LogP contribution in [0.25, 0.3) is 0 Å². The summed E-state index contributed by atoms with van der Waals surface area (Å²) in [5.74, 6) is 0.0624. The molecule has 2 nitrogen and oxygen atoms in total. The summed E-state index contributed by atoms with van der Waals surface area (Å²) in [6.07, 6.45) is 1.35. The molecule has 0 aliphatic rings. The molecule has 0 aromatic heterocycles. The Kier molecular flexibility index (Phi) is 5.85. The molecule has 0 saturated heterocycles. The van der Waals surface area contributed by atoms with E-state index in [1.165, 1.54) is 0 Å². The second-order valence-corrected chi connectivity index (χ2v) is 6.71. The fraction of sp³-hybridized carbons (Fsp3) is 0.316. The molecule has 23 heavy (non-hydrogen) atoms. The summed E-state index contributed by atoms with van der Waals surface area (Å²) >= 11 is 12.1. The van der Waals surface area contributed by atoms with Crippen molar-refractivity contribution in [2.45, 2.75) is 25.3 Å². The molecule has 0 heterocycles. The Balaban J connectivity index is 2.44. The highest BCUT2D eigenvalue weighted by molar-refractivity contribution is 6.42. The average molecular weight is 350 g/mol. The maximum Gasteiger partial charge on any atom is 0.183 e. The van der Waals surface area contributed by atoms with Gasteiger partial charge in [0.05, 0.1) is 15.6 Å². The zero-order chi connectivity index (χ0) is 17.0.